The average molecular weight is 200 g/mol. The van der Waals surface area contributed by atoms with Gasteiger partial charge in [-0.3, -0.25) is 9.59 Å². The second-order valence-electron chi connectivity index (χ2n) is 3.00. The summed E-state index contributed by atoms with van der Waals surface area (Å²) >= 11 is 0. The summed E-state index contributed by atoms with van der Waals surface area (Å²) in [6.45, 7) is 7.05. The van der Waals surface area contributed by atoms with Crippen LogP contribution in [-0.2, 0) is 9.59 Å². The molecule has 0 aliphatic carbocycles. The number of hydrogen-bond acceptors (Lipinski definition) is 3. The van der Waals surface area contributed by atoms with Gasteiger partial charge in [-0.15, -0.1) is 0 Å². The van der Waals surface area contributed by atoms with Gasteiger partial charge in [-0.25, -0.2) is 0 Å². The molecule has 0 saturated heterocycles. The van der Waals surface area contributed by atoms with Gasteiger partial charge in [0.2, 0.25) is 11.8 Å². The van der Waals surface area contributed by atoms with Crippen molar-refractivity contribution >= 4 is 11.8 Å². The smallest absolute Gasteiger partial charge is 0.248 e. The zero-order valence-corrected chi connectivity index (χ0v) is 8.46. The van der Waals surface area contributed by atoms with Crippen LogP contribution < -0.4 is 10.6 Å². The molecule has 0 spiro atoms. The van der Waals surface area contributed by atoms with Gasteiger partial charge >= 0.3 is 0 Å². The Kier molecular flexibility index (Phi) is 5.55. The van der Waals surface area contributed by atoms with Crippen LogP contribution in [-0.4, -0.2) is 36.1 Å². The van der Waals surface area contributed by atoms with Crippen molar-refractivity contribution in [1.82, 2.24) is 10.6 Å². The zero-order chi connectivity index (χ0) is 11.1. The molecule has 14 heavy (non-hydrogen) atoms. The van der Waals surface area contributed by atoms with Crippen molar-refractivity contribution in [2.45, 2.75) is 20.0 Å². The third-order valence-electron chi connectivity index (χ3n) is 1.48. The molecule has 5 heteroatoms. The number of rotatable bonds is 5. The first-order chi connectivity index (χ1) is 6.45. The second-order valence-corrected chi connectivity index (χ2v) is 3.00. The monoisotopic (exact) mass is 200 g/mol. The number of carbonyl (C=O) groups is 2. The first kappa shape index (κ1) is 12.6. The maximum absolute atomic E-state index is 10.9. The molecule has 0 bridgehead atoms. The van der Waals surface area contributed by atoms with Gasteiger partial charge in [0.1, 0.15) is 6.10 Å². The minimum Gasteiger partial charge on any atom is -0.384 e. The Morgan fingerprint density at radius 3 is 2.29 bits per heavy atom. The molecule has 1 atom stereocenters. The van der Waals surface area contributed by atoms with Crippen LogP contribution in [0.25, 0.3) is 0 Å². The van der Waals surface area contributed by atoms with Crippen LogP contribution in [0.4, 0.5) is 0 Å². The zero-order valence-electron chi connectivity index (χ0n) is 8.46. The number of aliphatic hydroxyl groups excluding tert-OH is 1. The Hall–Kier alpha value is -1.36. The maximum atomic E-state index is 10.9. The van der Waals surface area contributed by atoms with Gasteiger partial charge in [0.25, 0.3) is 0 Å². The Bertz CT molecular complexity index is 236. The van der Waals surface area contributed by atoms with E-state index in [0.717, 1.165) is 0 Å². The summed E-state index contributed by atoms with van der Waals surface area (Å²) in [7, 11) is 0. The number of amides is 2. The molecule has 3 N–H and O–H groups in total. The van der Waals surface area contributed by atoms with Crippen molar-refractivity contribution in [3.8, 4) is 0 Å². The van der Waals surface area contributed by atoms with E-state index in [1.54, 1.807) is 6.92 Å². The molecule has 1 unspecified atom stereocenters. The molecule has 0 aromatic heterocycles. The van der Waals surface area contributed by atoms with Crippen molar-refractivity contribution in [3.05, 3.63) is 12.2 Å². The molecule has 0 heterocycles. The molecule has 0 radical (unpaired) electrons. The van der Waals surface area contributed by atoms with Crippen LogP contribution >= 0.6 is 0 Å². The summed E-state index contributed by atoms with van der Waals surface area (Å²) in [5.74, 6) is -0.689. The lowest BCUT2D eigenvalue weighted by Gasteiger charge is -2.07. The van der Waals surface area contributed by atoms with E-state index in [1.807, 2.05) is 0 Å². The predicted molar refractivity (Wildman–Crippen MR) is 52.5 cm³/mol. The first-order valence-electron chi connectivity index (χ1n) is 4.34. The molecule has 2 amide bonds. The molecule has 0 fully saturated rings. The standard InChI is InChI=1S/C9H16N2O3/c1-6(2)8(13)10-4-5-11-9(14)7(3)12/h7,12H,1,4-5H2,2-3H3,(H,10,13)(H,11,14). The fraction of sp³-hybridized carbons (Fsp3) is 0.556. The molecule has 0 aliphatic heterocycles. The summed E-state index contributed by atoms with van der Waals surface area (Å²) in [5.41, 5.74) is 0.423. The van der Waals surface area contributed by atoms with E-state index in [2.05, 4.69) is 17.2 Å². The molecule has 0 saturated carbocycles. The van der Waals surface area contributed by atoms with Crippen molar-refractivity contribution in [3.63, 3.8) is 0 Å². The van der Waals surface area contributed by atoms with Crippen LogP contribution in [0.2, 0.25) is 0 Å². The summed E-state index contributed by atoms with van der Waals surface area (Å²) in [6, 6.07) is 0. The average Bonchev–Trinajstić information content (AvgIpc) is 2.11. The van der Waals surface area contributed by atoms with Crippen LogP contribution in [0.3, 0.4) is 0 Å². The van der Waals surface area contributed by atoms with E-state index in [9.17, 15) is 9.59 Å². The first-order valence-corrected chi connectivity index (χ1v) is 4.34. The van der Waals surface area contributed by atoms with Gasteiger partial charge in [-0.2, -0.15) is 0 Å². The highest BCUT2D eigenvalue weighted by atomic mass is 16.3. The molecule has 0 aromatic rings. The number of carbonyl (C=O) groups excluding carboxylic acids is 2. The second kappa shape index (κ2) is 6.15. The van der Waals surface area contributed by atoms with E-state index >= 15 is 0 Å². The fourth-order valence-electron chi connectivity index (χ4n) is 0.660. The fourth-order valence-corrected chi connectivity index (χ4v) is 0.660. The number of nitrogens with one attached hydrogen (secondary N) is 2. The van der Waals surface area contributed by atoms with Gasteiger partial charge in [0, 0.05) is 18.7 Å². The Morgan fingerprint density at radius 2 is 1.86 bits per heavy atom. The van der Waals surface area contributed by atoms with E-state index in [-0.39, 0.29) is 5.91 Å². The molecular weight excluding hydrogens is 184 g/mol. The van der Waals surface area contributed by atoms with Crippen molar-refractivity contribution in [2.75, 3.05) is 13.1 Å². The van der Waals surface area contributed by atoms with Crippen LogP contribution in [0.5, 0.6) is 0 Å². The van der Waals surface area contributed by atoms with Crippen LogP contribution in [0, 0.1) is 0 Å². The molecule has 0 rings (SSSR count). The number of hydrogen-bond donors (Lipinski definition) is 3. The number of aliphatic hydroxyl groups is 1. The van der Waals surface area contributed by atoms with Gasteiger partial charge in [-0.05, 0) is 13.8 Å². The highest BCUT2D eigenvalue weighted by Gasteiger charge is 2.07. The largest absolute Gasteiger partial charge is 0.384 e. The lowest BCUT2D eigenvalue weighted by Crippen LogP contribution is -2.38. The lowest BCUT2D eigenvalue weighted by molar-refractivity contribution is -0.128. The van der Waals surface area contributed by atoms with Gasteiger partial charge in [-0.1, -0.05) is 6.58 Å². The quantitative estimate of drug-likeness (QED) is 0.400. The normalized spacial score (nSPS) is 11.6. The highest BCUT2D eigenvalue weighted by Crippen LogP contribution is 1.84. The summed E-state index contributed by atoms with van der Waals surface area (Å²) in [4.78, 5) is 21.8. The topological polar surface area (TPSA) is 78.4 Å². The van der Waals surface area contributed by atoms with Gasteiger partial charge < -0.3 is 15.7 Å². The molecular formula is C9H16N2O3. The van der Waals surface area contributed by atoms with Crippen LogP contribution in [0.15, 0.2) is 12.2 Å². The van der Waals surface area contributed by atoms with Crippen LogP contribution in [0.1, 0.15) is 13.8 Å². The van der Waals surface area contributed by atoms with Crippen molar-refractivity contribution in [2.24, 2.45) is 0 Å². The predicted octanol–water partition coefficient (Wildman–Crippen LogP) is -0.824. The summed E-state index contributed by atoms with van der Waals surface area (Å²) in [6.07, 6.45) is -1.02. The Labute approximate surface area is 83.2 Å². The third-order valence-corrected chi connectivity index (χ3v) is 1.48. The lowest BCUT2D eigenvalue weighted by atomic mass is 10.3. The van der Waals surface area contributed by atoms with E-state index in [1.165, 1.54) is 6.92 Å². The molecule has 80 valence electrons. The molecule has 5 nitrogen and oxygen atoms in total. The van der Waals surface area contributed by atoms with E-state index in [0.29, 0.717) is 18.7 Å². The van der Waals surface area contributed by atoms with Gasteiger partial charge in [0.05, 0.1) is 0 Å². The summed E-state index contributed by atoms with van der Waals surface area (Å²) in [5, 5.41) is 13.8. The molecule has 0 aromatic carbocycles. The third kappa shape index (κ3) is 5.31. The van der Waals surface area contributed by atoms with Gasteiger partial charge in [0.15, 0.2) is 0 Å². The Balaban J connectivity index is 3.52. The SMILES string of the molecule is C=C(C)C(=O)NCCNC(=O)C(C)O. The van der Waals surface area contributed by atoms with Crippen molar-refractivity contribution in [1.29, 1.82) is 0 Å². The Morgan fingerprint density at radius 1 is 1.36 bits per heavy atom. The van der Waals surface area contributed by atoms with E-state index in [4.69, 9.17) is 5.11 Å². The minimum atomic E-state index is -1.02. The van der Waals surface area contributed by atoms with E-state index < -0.39 is 12.0 Å². The summed E-state index contributed by atoms with van der Waals surface area (Å²) < 4.78 is 0. The minimum absolute atomic E-state index is 0.240. The highest BCUT2D eigenvalue weighted by molar-refractivity contribution is 5.92. The molecule has 0 aliphatic rings. The van der Waals surface area contributed by atoms with Crippen molar-refractivity contribution < 1.29 is 14.7 Å². The maximum Gasteiger partial charge on any atom is 0.248 e.